The van der Waals surface area contributed by atoms with Gasteiger partial charge in [0.15, 0.2) is 5.82 Å². The van der Waals surface area contributed by atoms with Gasteiger partial charge in [-0.1, -0.05) is 19.0 Å². The van der Waals surface area contributed by atoms with Gasteiger partial charge in [-0.2, -0.15) is 16.7 Å². The molecule has 1 aromatic rings. The van der Waals surface area contributed by atoms with E-state index in [-0.39, 0.29) is 6.42 Å². The van der Waals surface area contributed by atoms with Gasteiger partial charge in [-0.3, -0.25) is 4.79 Å². The summed E-state index contributed by atoms with van der Waals surface area (Å²) in [6, 6.07) is 0. The summed E-state index contributed by atoms with van der Waals surface area (Å²) in [6.07, 6.45) is 0.973. The van der Waals surface area contributed by atoms with Crippen molar-refractivity contribution < 1.29 is 14.4 Å². The van der Waals surface area contributed by atoms with Crippen LogP contribution in [0, 0.1) is 5.92 Å². The molecule has 0 aliphatic heterocycles. The zero-order valence-corrected chi connectivity index (χ0v) is 10.3. The van der Waals surface area contributed by atoms with Crippen molar-refractivity contribution in [3.63, 3.8) is 0 Å². The summed E-state index contributed by atoms with van der Waals surface area (Å²) in [4.78, 5) is 14.5. The number of carbonyl (C=O) groups is 1. The molecule has 0 saturated carbocycles. The molecule has 1 rings (SSSR count). The third kappa shape index (κ3) is 5.16. The van der Waals surface area contributed by atoms with Crippen LogP contribution in [0.25, 0.3) is 0 Å². The highest BCUT2D eigenvalue weighted by Crippen LogP contribution is 2.12. The van der Waals surface area contributed by atoms with Gasteiger partial charge in [0.25, 0.3) is 0 Å². The van der Waals surface area contributed by atoms with E-state index in [1.165, 1.54) is 11.8 Å². The minimum atomic E-state index is -0.779. The van der Waals surface area contributed by atoms with Crippen LogP contribution in [0.4, 0.5) is 0 Å². The van der Waals surface area contributed by atoms with Crippen LogP contribution in [0.1, 0.15) is 32.0 Å². The first-order chi connectivity index (χ1) is 7.58. The fraction of sp³-hybridized carbons (Fsp3) is 0.700. The topological polar surface area (TPSA) is 76.2 Å². The summed E-state index contributed by atoms with van der Waals surface area (Å²) in [6.45, 7) is 4.19. The second-order valence-electron chi connectivity index (χ2n) is 3.90. The van der Waals surface area contributed by atoms with Gasteiger partial charge in [0, 0.05) is 12.2 Å². The molecule has 0 bridgehead atoms. The molecule has 0 aliphatic carbocycles. The molecule has 90 valence electrons. The first-order valence-corrected chi connectivity index (χ1v) is 6.34. The molecule has 5 nitrogen and oxygen atoms in total. The monoisotopic (exact) mass is 244 g/mol. The van der Waals surface area contributed by atoms with Crippen LogP contribution < -0.4 is 0 Å². The van der Waals surface area contributed by atoms with E-state index in [1.807, 2.05) is 0 Å². The molecule has 1 N–H and O–H groups in total. The maximum Gasteiger partial charge on any atom is 0.304 e. The van der Waals surface area contributed by atoms with Crippen molar-refractivity contribution in [2.75, 3.05) is 5.75 Å². The molecule has 0 saturated heterocycles. The van der Waals surface area contributed by atoms with Crippen LogP contribution >= 0.6 is 11.8 Å². The van der Waals surface area contributed by atoms with Crippen molar-refractivity contribution in [3.05, 3.63) is 11.7 Å². The zero-order chi connectivity index (χ0) is 12.0. The van der Waals surface area contributed by atoms with Crippen LogP contribution in [-0.2, 0) is 17.0 Å². The summed E-state index contributed by atoms with van der Waals surface area (Å²) >= 11 is 1.49. The second-order valence-corrected chi connectivity index (χ2v) is 5.00. The highest BCUT2D eigenvalue weighted by atomic mass is 32.2. The Kier molecular flexibility index (Phi) is 5.31. The number of hydrogen-bond acceptors (Lipinski definition) is 5. The van der Waals surface area contributed by atoms with E-state index in [1.54, 1.807) is 0 Å². The maximum atomic E-state index is 10.3. The molecule has 1 aromatic heterocycles. The molecule has 0 unspecified atom stereocenters. The molecule has 0 aromatic carbocycles. The average molecular weight is 244 g/mol. The van der Waals surface area contributed by atoms with E-state index in [0.29, 0.717) is 23.3 Å². The quantitative estimate of drug-likeness (QED) is 0.739. The molecular weight excluding hydrogens is 228 g/mol. The lowest BCUT2D eigenvalue weighted by Gasteiger charge is -1.96. The smallest absolute Gasteiger partial charge is 0.304 e. The van der Waals surface area contributed by atoms with E-state index in [0.717, 1.165) is 12.2 Å². The number of carboxylic acid groups (broad SMARTS) is 1. The lowest BCUT2D eigenvalue weighted by atomic mass is 10.1. The van der Waals surface area contributed by atoms with Gasteiger partial charge in [0.1, 0.15) is 0 Å². The van der Waals surface area contributed by atoms with Gasteiger partial charge in [-0.15, -0.1) is 0 Å². The zero-order valence-electron chi connectivity index (χ0n) is 9.47. The van der Waals surface area contributed by atoms with Crippen molar-refractivity contribution in [2.45, 2.75) is 32.4 Å². The van der Waals surface area contributed by atoms with E-state index in [2.05, 4.69) is 24.0 Å². The summed E-state index contributed by atoms with van der Waals surface area (Å²) in [5.41, 5.74) is 0. The maximum absolute atomic E-state index is 10.3. The van der Waals surface area contributed by atoms with E-state index in [9.17, 15) is 4.79 Å². The first kappa shape index (κ1) is 13.0. The largest absolute Gasteiger partial charge is 0.481 e. The minimum absolute atomic E-state index is 0.164. The highest BCUT2D eigenvalue weighted by molar-refractivity contribution is 7.98. The predicted octanol–water partition coefficient (Wildman–Crippen LogP) is 1.98. The van der Waals surface area contributed by atoms with Gasteiger partial charge >= 0.3 is 5.97 Å². The van der Waals surface area contributed by atoms with Crippen molar-refractivity contribution in [2.24, 2.45) is 5.92 Å². The van der Waals surface area contributed by atoms with Crippen LogP contribution in [0.15, 0.2) is 4.52 Å². The average Bonchev–Trinajstić information content (AvgIpc) is 2.59. The summed E-state index contributed by atoms with van der Waals surface area (Å²) in [7, 11) is 0. The van der Waals surface area contributed by atoms with Gasteiger partial charge in [-0.05, 0) is 5.92 Å². The first-order valence-electron chi connectivity index (χ1n) is 5.19. The molecular formula is C10H16N2O3S. The number of hydrogen-bond donors (Lipinski definition) is 1. The standard InChI is InChI=1S/C10H16N2O3S/c1-7(2)5-8-11-9(15-12-8)6-16-4-3-10(13)14/h7H,3-6H2,1-2H3,(H,13,14). The van der Waals surface area contributed by atoms with Crippen molar-refractivity contribution in [1.29, 1.82) is 0 Å². The molecule has 0 aliphatic rings. The predicted molar refractivity (Wildman–Crippen MR) is 61.3 cm³/mol. The molecule has 0 amide bonds. The summed E-state index contributed by atoms with van der Waals surface area (Å²) in [5.74, 6) is 2.17. The molecule has 0 atom stereocenters. The third-order valence-electron chi connectivity index (χ3n) is 1.79. The Hall–Kier alpha value is -1.04. The second kappa shape index (κ2) is 6.52. The SMILES string of the molecule is CC(C)Cc1noc(CSCCC(=O)O)n1. The Bertz CT molecular complexity index is 339. The van der Waals surface area contributed by atoms with Gasteiger partial charge < -0.3 is 9.63 Å². The van der Waals surface area contributed by atoms with Crippen molar-refractivity contribution in [3.8, 4) is 0 Å². The Morgan fingerprint density at radius 1 is 1.56 bits per heavy atom. The third-order valence-corrected chi connectivity index (χ3v) is 2.73. The Balaban J connectivity index is 2.26. The van der Waals surface area contributed by atoms with E-state index in [4.69, 9.17) is 9.63 Å². The van der Waals surface area contributed by atoms with Gasteiger partial charge in [0.05, 0.1) is 12.2 Å². The van der Waals surface area contributed by atoms with Crippen LogP contribution in [0.2, 0.25) is 0 Å². The Labute approximate surface area is 98.6 Å². The van der Waals surface area contributed by atoms with Crippen LogP contribution in [-0.4, -0.2) is 27.0 Å². The number of aromatic nitrogens is 2. The summed E-state index contributed by atoms with van der Waals surface area (Å²) in [5, 5.41) is 12.3. The fourth-order valence-corrected chi connectivity index (χ4v) is 1.87. The Morgan fingerprint density at radius 3 is 2.94 bits per heavy atom. The molecule has 1 heterocycles. The Morgan fingerprint density at radius 2 is 2.31 bits per heavy atom. The number of thioether (sulfide) groups is 1. The molecule has 0 spiro atoms. The normalized spacial score (nSPS) is 10.9. The van der Waals surface area contributed by atoms with Gasteiger partial charge in [-0.25, -0.2) is 0 Å². The van der Waals surface area contributed by atoms with E-state index < -0.39 is 5.97 Å². The minimum Gasteiger partial charge on any atom is -0.481 e. The molecule has 6 heteroatoms. The van der Waals surface area contributed by atoms with Gasteiger partial charge in [0.2, 0.25) is 5.89 Å². The molecule has 16 heavy (non-hydrogen) atoms. The fourth-order valence-electron chi connectivity index (χ4n) is 1.12. The van der Waals surface area contributed by atoms with Crippen molar-refractivity contribution in [1.82, 2.24) is 10.1 Å². The highest BCUT2D eigenvalue weighted by Gasteiger charge is 2.08. The van der Waals surface area contributed by atoms with E-state index >= 15 is 0 Å². The lowest BCUT2D eigenvalue weighted by Crippen LogP contribution is -1.97. The number of rotatable bonds is 7. The number of nitrogens with zero attached hydrogens (tertiary/aromatic N) is 2. The summed E-state index contributed by atoms with van der Waals surface area (Å²) < 4.78 is 5.04. The van der Waals surface area contributed by atoms with Crippen LogP contribution in [0.5, 0.6) is 0 Å². The molecule has 0 fully saturated rings. The number of carboxylic acids is 1. The van der Waals surface area contributed by atoms with Crippen LogP contribution in [0.3, 0.4) is 0 Å². The number of aliphatic carboxylic acids is 1. The molecule has 0 radical (unpaired) electrons. The lowest BCUT2D eigenvalue weighted by molar-refractivity contribution is -0.136. The van der Waals surface area contributed by atoms with Crippen molar-refractivity contribution >= 4 is 17.7 Å².